The summed E-state index contributed by atoms with van der Waals surface area (Å²) in [5, 5.41) is 27.8. The fourth-order valence-electron chi connectivity index (χ4n) is 6.43. The molecule has 7 rings (SSSR count). The minimum absolute atomic E-state index is 0.0723. The molecule has 4 aromatic carbocycles. The Bertz CT molecular complexity index is 2240. The van der Waals surface area contributed by atoms with E-state index in [0.717, 1.165) is 22.3 Å². The second-order valence-electron chi connectivity index (χ2n) is 12.6. The Morgan fingerprint density at radius 1 is 0.830 bits per heavy atom. The monoisotopic (exact) mass is 733 g/mol. The summed E-state index contributed by atoms with van der Waals surface area (Å²) < 4.78 is 36.8. The molecule has 0 radical (unpaired) electrons. The normalized spacial score (nSPS) is 18.7. The first-order valence-corrected chi connectivity index (χ1v) is 18.7. The van der Waals surface area contributed by atoms with Crippen LogP contribution in [0, 0.1) is 0 Å². The zero-order valence-electron chi connectivity index (χ0n) is 28.8. The number of imidazole rings is 1. The van der Waals surface area contributed by atoms with Gasteiger partial charge >= 0.3 is 0 Å². The number of ether oxygens (including phenoxy) is 1. The number of aliphatic hydroxyl groups is 2. The predicted octanol–water partition coefficient (Wildman–Crippen LogP) is 3.97. The van der Waals surface area contributed by atoms with Crippen LogP contribution in [0.5, 0.6) is 0 Å². The zero-order valence-corrected chi connectivity index (χ0v) is 29.6. The average molecular weight is 734 g/mol. The highest BCUT2D eigenvalue weighted by atomic mass is 32.2. The topological polar surface area (TPSA) is 181 Å². The number of nitrogens with zero attached hydrogens (tertiary/aromatic N) is 4. The standard InChI is InChI=1S/C39H39N7O6S/c1-2-40-38(49)35-33(47)34(48)39(52-35)46-24-42-32-36(41-22-30(27-14-8-4-9-15-27)28-16-10-5-11-17-28)44-31(45-37(32)46)23-43-53(50,51)29-20-18-26(19-21-29)25-12-6-3-7-13-25/h3-21,24,30,33-35,39,43,47-48H,2,22-23H2,1H3,(H,40,49)(H,41,44,45)/t33-,34+,35-,39+/m0/s1. The number of hydrogen-bond acceptors (Lipinski definition) is 10. The van der Waals surface area contributed by atoms with Gasteiger partial charge < -0.3 is 25.6 Å². The second kappa shape index (κ2) is 15.6. The highest BCUT2D eigenvalue weighted by Crippen LogP contribution is 2.33. The van der Waals surface area contributed by atoms with Crippen molar-refractivity contribution in [2.75, 3.05) is 18.4 Å². The third-order valence-corrected chi connectivity index (χ3v) is 10.6. The predicted molar refractivity (Wildman–Crippen MR) is 199 cm³/mol. The molecule has 5 N–H and O–H groups in total. The van der Waals surface area contributed by atoms with E-state index in [4.69, 9.17) is 9.72 Å². The number of carbonyl (C=O) groups excluding carboxylic acids is 1. The molecule has 13 nitrogen and oxygen atoms in total. The van der Waals surface area contributed by atoms with Crippen molar-refractivity contribution in [3.05, 3.63) is 139 Å². The van der Waals surface area contributed by atoms with Gasteiger partial charge in [-0.05, 0) is 41.3 Å². The van der Waals surface area contributed by atoms with Crippen molar-refractivity contribution in [3.63, 3.8) is 0 Å². The summed E-state index contributed by atoms with van der Waals surface area (Å²) in [5.74, 6) is -0.225. The van der Waals surface area contributed by atoms with E-state index >= 15 is 0 Å². The number of aliphatic hydroxyl groups excluding tert-OH is 2. The third kappa shape index (κ3) is 7.68. The second-order valence-corrected chi connectivity index (χ2v) is 14.4. The molecule has 1 aliphatic heterocycles. The Morgan fingerprint density at radius 3 is 2.06 bits per heavy atom. The van der Waals surface area contributed by atoms with E-state index in [0.29, 0.717) is 24.4 Å². The van der Waals surface area contributed by atoms with Gasteiger partial charge in [-0.25, -0.2) is 28.1 Å². The molecule has 1 saturated heterocycles. The van der Waals surface area contributed by atoms with E-state index < -0.39 is 40.5 Å². The molecule has 4 atom stereocenters. The molecule has 1 amide bonds. The molecule has 0 spiro atoms. The van der Waals surface area contributed by atoms with Gasteiger partial charge in [0.05, 0.1) is 17.8 Å². The fraction of sp³-hybridized carbons (Fsp3) is 0.231. The number of sulfonamides is 1. The van der Waals surface area contributed by atoms with Gasteiger partial charge in [-0.2, -0.15) is 0 Å². The molecule has 0 saturated carbocycles. The molecule has 2 aromatic heterocycles. The Labute approximate surface area is 306 Å². The van der Waals surface area contributed by atoms with Gasteiger partial charge in [0.25, 0.3) is 5.91 Å². The van der Waals surface area contributed by atoms with Crippen LogP contribution in [0.25, 0.3) is 22.3 Å². The smallest absolute Gasteiger partial charge is 0.252 e. The maximum absolute atomic E-state index is 13.5. The van der Waals surface area contributed by atoms with Crippen molar-refractivity contribution in [1.82, 2.24) is 29.6 Å². The minimum atomic E-state index is -3.99. The molecule has 3 heterocycles. The van der Waals surface area contributed by atoms with Crippen LogP contribution in [0.3, 0.4) is 0 Å². The molecule has 14 heteroatoms. The highest BCUT2D eigenvalue weighted by molar-refractivity contribution is 7.89. The lowest BCUT2D eigenvalue weighted by Gasteiger charge is -2.20. The van der Waals surface area contributed by atoms with E-state index in [1.54, 1.807) is 31.2 Å². The van der Waals surface area contributed by atoms with Crippen LogP contribution in [0.1, 0.15) is 36.0 Å². The quantitative estimate of drug-likeness (QED) is 0.117. The maximum atomic E-state index is 13.5. The number of fused-ring (bicyclic) bond motifs is 1. The maximum Gasteiger partial charge on any atom is 0.252 e. The van der Waals surface area contributed by atoms with Crippen molar-refractivity contribution >= 4 is 32.9 Å². The first kappa shape index (κ1) is 35.9. The van der Waals surface area contributed by atoms with Crippen LogP contribution in [-0.2, 0) is 26.1 Å². The van der Waals surface area contributed by atoms with Gasteiger partial charge in [0.1, 0.15) is 18.0 Å². The first-order valence-electron chi connectivity index (χ1n) is 17.2. The highest BCUT2D eigenvalue weighted by Gasteiger charge is 2.47. The number of aromatic nitrogens is 4. The molecular weight excluding hydrogens is 695 g/mol. The van der Waals surface area contributed by atoms with Gasteiger partial charge in [-0.3, -0.25) is 9.36 Å². The van der Waals surface area contributed by atoms with Crippen LogP contribution in [0.15, 0.2) is 126 Å². The van der Waals surface area contributed by atoms with Crippen molar-refractivity contribution in [2.24, 2.45) is 0 Å². The Hall–Kier alpha value is -5.51. The molecule has 53 heavy (non-hydrogen) atoms. The van der Waals surface area contributed by atoms with E-state index in [1.165, 1.54) is 10.9 Å². The van der Waals surface area contributed by atoms with E-state index in [1.807, 2.05) is 91.0 Å². The van der Waals surface area contributed by atoms with Crippen molar-refractivity contribution < 1.29 is 28.2 Å². The molecule has 272 valence electrons. The van der Waals surface area contributed by atoms with Crippen molar-refractivity contribution in [1.29, 1.82) is 0 Å². The number of likely N-dealkylation sites (N-methyl/N-ethyl adjacent to an activating group) is 1. The summed E-state index contributed by atoms with van der Waals surface area (Å²) in [4.78, 5) is 26.6. The molecular formula is C39H39N7O6S. The number of anilines is 1. The van der Waals surface area contributed by atoms with Crippen LogP contribution in [-0.4, -0.2) is 75.5 Å². The minimum Gasteiger partial charge on any atom is -0.387 e. The van der Waals surface area contributed by atoms with Crippen LogP contribution < -0.4 is 15.4 Å². The summed E-state index contributed by atoms with van der Waals surface area (Å²) >= 11 is 0. The van der Waals surface area contributed by atoms with Gasteiger partial charge in [-0.15, -0.1) is 0 Å². The zero-order chi connectivity index (χ0) is 37.0. The molecule has 1 aliphatic rings. The molecule has 1 fully saturated rings. The lowest BCUT2D eigenvalue weighted by Crippen LogP contribution is -2.42. The average Bonchev–Trinajstić information content (AvgIpc) is 3.75. The number of rotatable bonds is 13. The van der Waals surface area contributed by atoms with Gasteiger partial charge in [0, 0.05) is 19.0 Å². The summed E-state index contributed by atoms with van der Waals surface area (Å²) in [5.41, 5.74) is 4.50. The molecule has 0 unspecified atom stereocenters. The fourth-order valence-corrected chi connectivity index (χ4v) is 7.41. The summed E-state index contributed by atoms with van der Waals surface area (Å²) in [6.45, 7) is 2.16. The number of carbonyl (C=O) groups is 1. The number of benzene rings is 4. The SMILES string of the molecule is CCNC(=O)[C@H]1O[C@@H](n2cnc3c(NCC(c4ccccc4)c4ccccc4)nc(CNS(=O)(=O)c4ccc(-c5ccccc5)cc4)nc32)[C@H](O)[C@@H]1O. The Morgan fingerprint density at radius 2 is 1.43 bits per heavy atom. The largest absolute Gasteiger partial charge is 0.387 e. The van der Waals surface area contributed by atoms with Gasteiger partial charge in [0.15, 0.2) is 29.3 Å². The molecule has 0 bridgehead atoms. The van der Waals surface area contributed by atoms with Crippen LogP contribution >= 0.6 is 0 Å². The van der Waals surface area contributed by atoms with Crippen molar-refractivity contribution in [2.45, 2.75) is 48.8 Å². The van der Waals surface area contributed by atoms with Crippen molar-refractivity contribution in [3.8, 4) is 11.1 Å². The summed E-state index contributed by atoms with van der Waals surface area (Å²) in [6.07, 6.45) is -4.17. The van der Waals surface area contributed by atoms with Crippen LogP contribution in [0.2, 0.25) is 0 Å². The Balaban J connectivity index is 1.21. The summed E-state index contributed by atoms with van der Waals surface area (Å²) in [6, 6.07) is 36.2. The lowest BCUT2D eigenvalue weighted by molar-refractivity contribution is -0.137. The summed E-state index contributed by atoms with van der Waals surface area (Å²) in [7, 11) is -3.99. The third-order valence-electron chi connectivity index (χ3n) is 9.16. The number of amides is 1. The lowest BCUT2D eigenvalue weighted by atomic mass is 9.91. The molecule has 0 aliphatic carbocycles. The van der Waals surface area contributed by atoms with Crippen LogP contribution in [0.4, 0.5) is 5.82 Å². The van der Waals surface area contributed by atoms with E-state index in [-0.39, 0.29) is 28.8 Å². The van der Waals surface area contributed by atoms with Gasteiger partial charge in [0.2, 0.25) is 10.0 Å². The van der Waals surface area contributed by atoms with E-state index in [2.05, 4.69) is 25.3 Å². The Kier molecular flexibility index (Phi) is 10.6. The first-order chi connectivity index (χ1) is 25.7. The van der Waals surface area contributed by atoms with Gasteiger partial charge in [-0.1, -0.05) is 103 Å². The number of hydrogen-bond donors (Lipinski definition) is 5. The number of nitrogens with one attached hydrogen (secondary N) is 3. The molecule has 6 aromatic rings. The van der Waals surface area contributed by atoms with E-state index in [9.17, 15) is 23.4 Å².